The highest BCUT2D eigenvalue weighted by atomic mass is 32.2. The van der Waals surface area contributed by atoms with Gasteiger partial charge in [0.25, 0.3) is 0 Å². The lowest BCUT2D eigenvalue weighted by atomic mass is 9.46. The van der Waals surface area contributed by atoms with Crippen LogP contribution in [-0.2, 0) is 20.4 Å². The number of carbonyl (C=O) groups excluding carboxylic acids is 2. The molecule has 0 spiro atoms. The number of carbonyl (C=O) groups is 2. The normalized spacial score (nSPS) is 53.7. The Morgan fingerprint density at radius 2 is 2.00 bits per heavy atom. The monoisotopic (exact) mass is 360 g/mol. The molecule has 1 heterocycles. The summed E-state index contributed by atoms with van der Waals surface area (Å²) in [6, 6.07) is 0. The summed E-state index contributed by atoms with van der Waals surface area (Å²) in [5, 5.41) is 0.115. The van der Waals surface area contributed by atoms with Gasteiger partial charge in [0.15, 0.2) is 5.78 Å². The van der Waals surface area contributed by atoms with Gasteiger partial charge in [-0.15, -0.1) is 0 Å². The smallest absolute Gasteiger partial charge is 0.155 e. The fourth-order valence-corrected chi connectivity index (χ4v) is 10.2. The van der Waals surface area contributed by atoms with E-state index in [0.29, 0.717) is 30.0 Å². The molecule has 4 heteroatoms. The summed E-state index contributed by atoms with van der Waals surface area (Å²) in [5.74, 6) is 3.41. The van der Waals surface area contributed by atoms with Crippen molar-refractivity contribution >= 4 is 22.4 Å². The van der Waals surface area contributed by atoms with Crippen LogP contribution < -0.4 is 0 Å². The second kappa shape index (κ2) is 5.15. The zero-order valence-electron chi connectivity index (χ0n) is 15.3. The van der Waals surface area contributed by atoms with Crippen LogP contribution in [0, 0.1) is 34.5 Å². The van der Waals surface area contributed by atoms with Crippen LogP contribution in [0.2, 0.25) is 0 Å². The van der Waals surface area contributed by atoms with Crippen LogP contribution in [0.25, 0.3) is 0 Å². The van der Waals surface area contributed by atoms with Crippen LogP contribution in [0.1, 0.15) is 58.8 Å². The van der Waals surface area contributed by atoms with Crippen molar-refractivity contribution < 1.29 is 13.8 Å². The zero-order valence-corrected chi connectivity index (χ0v) is 16.1. The molecule has 5 rings (SSSR count). The lowest BCUT2D eigenvalue weighted by molar-refractivity contribution is -0.128. The summed E-state index contributed by atoms with van der Waals surface area (Å²) >= 11 is 0. The van der Waals surface area contributed by atoms with Crippen molar-refractivity contribution in [2.75, 3.05) is 5.75 Å². The van der Waals surface area contributed by atoms with Crippen LogP contribution in [0.5, 0.6) is 0 Å². The van der Waals surface area contributed by atoms with Gasteiger partial charge < -0.3 is 0 Å². The second-order valence-corrected chi connectivity index (χ2v) is 11.3. The molecule has 8 atom stereocenters. The minimum Gasteiger partial charge on any atom is -0.300 e. The largest absolute Gasteiger partial charge is 0.300 e. The van der Waals surface area contributed by atoms with Crippen molar-refractivity contribution in [2.45, 2.75) is 64.0 Å². The van der Waals surface area contributed by atoms with Crippen molar-refractivity contribution in [1.82, 2.24) is 0 Å². The van der Waals surface area contributed by atoms with Crippen molar-refractivity contribution in [2.24, 2.45) is 34.5 Å². The maximum atomic E-state index is 12.9. The van der Waals surface area contributed by atoms with Gasteiger partial charge in [0.1, 0.15) is 5.78 Å². The fraction of sp³-hybridized carbons (Fsp3) is 0.810. The van der Waals surface area contributed by atoms with Crippen LogP contribution in [-0.4, -0.2) is 26.8 Å². The fourth-order valence-electron chi connectivity index (χ4n) is 7.90. The third-order valence-electron chi connectivity index (χ3n) is 8.90. The van der Waals surface area contributed by atoms with E-state index < -0.39 is 10.8 Å². The standard InChI is InChI=1S/C21H28O3S/c1-12(22)15-3-4-16-14-10-19-18-9-13(23)5-8-21(18,11-25(19)24)17(14)6-7-20(15,16)2/h9,14-17,19H,3-8,10-11H2,1-2H3/t14-,15+,16-,17-,19+,20+,21-,25?/m0/s1. The molecule has 1 saturated heterocycles. The van der Waals surface area contributed by atoms with E-state index >= 15 is 0 Å². The SMILES string of the molecule is CC(=O)[C@H]1CC[C@H]2[C@@H]3C[C@@H]4C5=CC(=O)CC[C@]5(CS4=O)[C@H]3CC[C@]12C. The summed E-state index contributed by atoms with van der Waals surface area (Å²) in [5.41, 5.74) is 1.45. The molecule has 0 N–H and O–H groups in total. The lowest BCUT2D eigenvalue weighted by Crippen LogP contribution is -2.52. The van der Waals surface area contributed by atoms with E-state index in [1.54, 1.807) is 6.92 Å². The number of fused-ring (bicyclic) bond motifs is 3. The minimum atomic E-state index is -0.815. The lowest BCUT2D eigenvalue weighted by Gasteiger charge is -2.57. The van der Waals surface area contributed by atoms with Gasteiger partial charge in [-0.25, -0.2) is 0 Å². The average Bonchev–Trinajstić information content (AvgIpc) is 3.00. The molecule has 5 aliphatic rings. The Bertz CT molecular complexity index is 725. The molecule has 1 unspecified atom stereocenters. The van der Waals surface area contributed by atoms with Crippen LogP contribution in [0.15, 0.2) is 11.6 Å². The molecule has 3 saturated carbocycles. The first-order chi connectivity index (χ1) is 11.9. The Hall–Kier alpha value is -0.770. The van der Waals surface area contributed by atoms with Gasteiger partial charge in [0, 0.05) is 34.3 Å². The van der Waals surface area contributed by atoms with E-state index in [1.807, 2.05) is 6.08 Å². The Labute approximate surface area is 152 Å². The second-order valence-electron chi connectivity index (χ2n) is 9.63. The number of hydrogen-bond acceptors (Lipinski definition) is 3. The Morgan fingerprint density at radius 1 is 1.20 bits per heavy atom. The minimum absolute atomic E-state index is 0.0436. The molecule has 0 aromatic rings. The van der Waals surface area contributed by atoms with Gasteiger partial charge in [-0.05, 0) is 80.3 Å². The molecule has 0 amide bonds. The van der Waals surface area contributed by atoms with Gasteiger partial charge in [-0.3, -0.25) is 13.8 Å². The Balaban J connectivity index is 1.57. The summed E-state index contributed by atoms with van der Waals surface area (Å²) < 4.78 is 12.9. The van der Waals surface area contributed by atoms with E-state index in [4.69, 9.17) is 0 Å². The zero-order chi connectivity index (χ0) is 17.6. The van der Waals surface area contributed by atoms with E-state index in [2.05, 4.69) is 6.92 Å². The van der Waals surface area contributed by atoms with E-state index in [1.165, 1.54) is 5.57 Å². The predicted molar refractivity (Wildman–Crippen MR) is 97.4 cm³/mol. The third-order valence-corrected chi connectivity index (χ3v) is 10.8. The molecule has 25 heavy (non-hydrogen) atoms. The number of hydrogen-bond donors (Lipinski definition) is 0. The number of rotatable bonds is 1. The highest BCUT2D eigenvalue weighted by molar-refractivity contribution is 7.86. The summed E-state index contributed by atoms with van der Waals surface area (Å²) in [6.07, 6.45) is 8.91. The van der Waals surface area contributed by atoms with Gasteiger partial charge in [-0.2, -0.15) is 0 Å². The quantitative estimate of drug-likeness (QED) is 0.720. The van der Waals surface area contributed by atoms with Crippen LogP contribution >= 0.6 is 0 Å². The van der Waals surface area contributed by atoms with E-state index in [9.17, 15) is 13.8 Å². The topological polar surface area (TPSA) is 51.2 Å². The highest BCUT2D eigenvalue weighted by Gasteiger charge is 2.65. The highest BCUT2D eigenvalue weighted by Crippen LogP contribution is 2.69. The van der Waals surface area contributed by atoms with Crippen LogP contribution in [0.4, 0.5) is 0 Å². The van der Waals surface area contributed by atoms with Crippen molar-refractivity contribution in [1.29, 1.82) is 0 Å². The van der Waals surface area contributed by atoms with Gasteiger partial charge in [0.05, 0.1) is 5.25 Å². The first-order valence-corrected chi connectivity index (χ1v) is 11.4. The maximum absolute atomic E-state index is 12.9. The average molecular weight is 361 g/mol. The van der Waals surface area contributed by atoms with Crippen molar-refractivity contribution in [3.63, 3.8) is 0 Å². The van der Waals surface area contributed by atoms with E-state index in [0.717, 1.165) is 44.3 Å². The molecule has 1 aliphatic heterocycles. The molecule has 0 aromatic heterocycles. The number of Topliss-reactive ketones (excluding diaryl/α,β-unsaturated/α-hetero) is 1. The molecule has 4 aliphatic carbocycles. The molecule has 0 aromatic carbocycles. The number of ketones is 2. The van der Waals surface area contributed by atoms with E-state index in [-0.39, 0.29) is 27.8 Å². The molecule has 136 valence electrons. The van der Waals surface area contributed by atoms with Crippen LogP contribution in [0.3, 0.4) is 0 Å². The third kappa shape index (κ3) is 1.95. The Morgan fingerprint density at radius 3 is 2.76 bits per heavy atom. The van der Waals surface area contributed by atoms with Gasteiger partial charge >= 0.3 is 0 Å². The molecule has 4 fully saturated rings. The first-order valence-electron chi connectivity index (χ1n) is 9.99. The predicted octanol–water partition coefficient (Wildman–Crippen LogP) is 3.44. The molecule has 2 bridgehead atoms. The first kappa shape index (κ1) is 16.4. The van der Waals surface area contributed by atoms with Crippen molar-refractivity contribution in [3.05, 3.63) is 11.6 Å². The summed E-state index contributed by atoms with van der Waals surface area (Å²) in [4.78, 5) is 24.3. The molecular weight excluding hydrogens is 332 g/mol. The Kier molecular flexibility index (Phi) is 3.38. The summed E-state index contributed by atoms with van der Waals surface area (Å²) in [7, 11) is -0.815. The molecule has 3 nitrogen and oxygen atoms in total. The molecule has 0 radical (unpaired) electrons. The van der Waals surface area contributed by atoms with Gasteiger partial charge in [-0.1, -0.05) is 6.92 Å². The summed E-state index contributed by atoms with van der Waals surface area (Å²) in [6.45, 7) is 4.13. The van der Waals surface area contributed by atoms with Crippen molar-refractivity contribution in [3.8, 4) is 0 Å². The molecular formula is C21H28O3S. The van der Waals surface area contributed by atoms with Gasteiger partial charge in [0.2, 0.25) is 0 Å². The maximum Gasteiger partial charge on any atom is 0.155 e.